The second-order valence-electron chi connectivity index (χ2n) is 6.23. The third kappa shape index (κ3) is 11.9. The van der Waals surface area contributed by atoms with E-state index < -0.39 is 66.7 Å². The molecule has 0 aliphatic carbocycles. The number of carbonyl (C=O) groups excluding carboxylic acids is 4. The molecule has 0 spiro atoms. The van der Waals surface area contributed by atoms with Crippen LogP contribution in [0.4, 0.5) is 0 Å². The molecule has 0 fully saturated rings. The van der Waals surface area contributed by atoms with E-state index in [4.69, 9.17) is 21.7 Å². The topological polar surface area (TPSA) is 231 Å². The largest absolute Gasteiger partial charge is 0.481 e. The highest BCUT2D eigenvalue weighted by molar-refractivity contribution is 7.98. The van der Waals surface area contributed by atoms with Crippen LogP contribution in [0.15, 0.2) is 0 Å². The first-order valence-corrected chi connectivity index (χ1v) is 10.2. The van der Waals surface area contributed by atoms with Crippen molar-refractivity contribution in [3.63, 3.8) is 0 Å². The molecule has 0 aromatic carbocycles. The summed E-state index contributed by atoms with van der Waals surface area (Å²) in [5.41, 5.74) is 10.5. The van der Waals surface area contributed by atoms with Gasteiger partial charge in [-0.05, 0) is 24.9 Å². The summed E-state index contributed by atoms with van der Waals surface area (Å²) < 4.78 is 0. The number of carboxylic acid groups (broad SMARTS) is 2. The number of hydrogen-bond acceptors (Lipinski definition) is 8. The molecule has 14 heteroatoms. The number of carbonyl (C=O) groups is 6. The van der Waals surface area contributed by atoms with Crippen molar-refractivity contribution in [1.82, 2.24) is 16.0 Å². The number of carboxylic acids is 2. The van der Waals surface area contributed by atoms with Crippen molar-refractivity contribution < 1.29 is 39.0 Å². The number of primary amides is 1. The molecule has 3 atom stereocenters. The maximum Gasteiger partial charge on any atom is 0.326 e. The Labute approximate surface area is 176 Å². The molecule has 0 rings (SSSR count). The first kappa shape index (κ1) is 27.1. The van der Waals surface area contributed by atoms with Crippen LogP contribution in [0.2, 0.25) is 0 Å². The van der Waals surface area contributed by atoms with Gasteiger partial charge in [0.15, 0.2) is 0 Å². The molecule has 0 aliphatic rings. The first-order chi connectivity index (χ1) is 14.0. The zero-order valence-corrected chi connectivity index (χ0v) is 17.2. The van der Waals surface area contributed by atoms with E-state index in [-0.39, 0.29) is 19.3 Å². The van der Waals surface area contributed by atoms with Crippen LogP contribution >= 0.6 is 11.8 Å². The summed E-state index contributed by atoms with van der Waals surface area (Å²) in [6.45, 7) is -0.599. The van der Waals surface area contributed by atoms with E-state index in [1.165, 1.54) is 11.8 Å². The van der Waals surface area contributed by atoms with Gasteiger partial charge in [-0.25, -0.2) is 4.79 Å². The predicted molar refractivity (Wildman–Crippen MR) is 106 cm³/mol. The van der Waals surface area contributed by atoms with Crippen molar-refractivity contribution in [3.8, 4) is 0 Å². The Kier molecular flexibility index (Phi) is 12.8. The van der Waals surface area contributed by atoms with Gasteiger partial charge < -0.3 is 37.6 Å². The number of thioether (sulfide) groups is 1. The quantitative estimate of drug-likeness (QED) is 0.134. The van der Waals surface area contributed by atoms with E-state index in [0.717, 1.165) is 0 Å². The average Bonchev–Trinajstić information content (AvgIpc) is 2.66. The third-order valence-electron chi connectivity index (χ3n) is 3.71. The van der Waals surface area contributed by atoms with Crippen molar-refractivity contribution in [2.75, 3.05) is 18.6 Å². The van der Waals surface area contributed by atoms with Crippen molar-refractivity contribution in [2.45, 2.75) is 43.8 Å². The summed E-state index contributed by atoms with van der Waals surface area (Å²) >= 11 is 1.41. The van der Waals surface area contributed by atoms with Crippen molar-refractivity contribution in [3.05, 3.63) is 0 Å². The van der Waals surface area contributed by atoms with Gasteiger partial charge in [-0.1, -0.05) is 0 Å². The van der Waals surface area contributed by atoms with Gasteiger partial charge in [-0.15, -0.1) is 0 Å². The molecular formula is C16H27N5O8S. The Hall–Kier alpha value is -2.87. The summed E-state index contributed by atoms with van der Waals surface area (Å²) in [6.07, 6.45) is 0.956. The molecule has 30 heavy (non-hydrogen) atoms. The smallest absolute Gasteiger partial charge is 0.326 e. The lowest BCUT2D eigenvalue weighted by Gasteiger charge is -2.20. The molecular weight excluding hydrogens is 422 g/mol. The minimum Gasteiger partial charge on any atom is -0.481 e. The second-order valence-corrected chi connectivity index (χ2v) is 7.21. The molecule has 0 aromatic rings. The van der Waals surface area contributed by atoms with Gasteiger partial charge in [0.1, 0.15) is 12.1 Å². The number of rotatable bonds is 15. The molecule has 0 aliphatic heterocycles. The minimum absolute atomic E-state index is 0.114. The lowest BCUT2D eigenvalue weighted by Crippen LogP contribution is -2.53. The molecule has 13 nitrogen and oxygen atoms in total. The fraction of sp³-hybridized carbons (Fsp3) is 0.625. The van der Waals surface area contributed by atoms with Crippen molar-refractivity contribution in [2.24, 2.45) is 11.5 Å². The van der Waals surface area contributed by atoms with Gasteiger partial charge >= 0.3 is 11.9 Å². The fourth-order valence-corrected chi connectivity index (χ4v) is 2.60. The number of nitrogens with one attached hydrogen (secondary N) is 3. The first-order valence-electron chi connectivity index (χ1n) is 8.82. The highest BCUT2D eigenvalue weighted by Crippen LogP contribution is 2.03. The van der Waals surface area contributed by atoms with Gasteiger partial charge in [0, 0.05) is 6.42 Å². The van der Waals surface area contributed by atoms with Crippen LogP contribution in [0.1, 0.15) is 25.7 Å². The number of amides is 4. The predicted octanol–water partition coefficient (Wildman–Crippen LogP) is -3.02. The standard InChI is InChI=1S/C16H27N5O8S/c1-30-5-4-9(21-14(26)8(17)2-3-13(24)25)15(27)19-7-12(23)20-10(16(28)29)6-11(18)22/h8-10H,2-7,17H2,1H3,(H2,18,22)(H,19,27)(H,20,23)(H,21,26)(H,24,25)(H,28,29). The highest BCUT2D eigenvalue weighted by Gasteiger charge is 2.25. The lowest BCUT2D eigenvalue weighted by molar-refractivity contribution is -0.143. The van der Waals surface area contributed by atoms with Crippen LogP contribution in [-0.2, 0) is 28.8 Å². The van der Waals surface area contributed by atoms with Gasteiger partial charge in [-0.2, -0.15) is 11.8 Å². The van der Waals surface area contributed by atoms with Crippen LogP contribution in [-0.4, -0.2) is 82.5 Å². The number of aliphatic carboxylic acids is 2. The molecule has 0 saturated carbocycles. The Balaban J connectivity index is 4.80. The summed E-state index contributed by atoms with van der Waals surface area (Å²) in [7, 11) is 0. The molecule has 170 valence electrons. The molecule has 0 aromatic heterocycles. The van der Waals surface area contributed by atoms with Crippen LogP contribution in [0.3, 0.4) is 0 Å². The Morgan fingerprint density at radius 2 is 1.60 bits per heavy atom. The lowest BCUT2D eigenvalue weighted by atomic mass is 10.1. The summed E-state index contributed by atoms with van der Waals surface area (Å²) in [5, 5.41) is 24.3. The molecule has 9 N–H and O–H groups in total. The van der Waals surface area contributed by atoms with Crippen LogP contribution in [0.25, 0.3) is 0 Å². The van der Waals surface area contributed by atoms with Crippen LogP contribution < -0.4 is 27.4 Å². The van der Waals surface area contributed by atoms with E-state index in [0.29, 0.717) is 5.75 Å². The maximum atomic E-state index is 12.3. The number of nitrogens with two attached hydrogens (primary N) is 2. The molecule has 0 radical (unpaired) electrons. The van der Waals surface area contributed by atoms with Gasteiger partial charge in [0.25, 0.3) is 0 Å². The summed E-state index contributed by atoms with van der Waals surface area (Å²) in [6, 6.07) is -3.69. The van der Waals surface area contributed by atoms with E-state index in [2.05, 4.69) is 16.0 Å². The van der Waals surface area contributed by atoms with E-state index >= 15 is 0 Å². The zero-order valence-electron chi connectivity index (χ0n) is 16.4. The van der Waals surface area contributed by atoms with E-state index in [1.54, 1.807) is 6.26 Å². The normalized spacial score (nSPS) is 13.4. The highest BCUT2D eigenvalue weighted by atomic mass is 32.2. The molecule has 3 unspecified atom stereocenters. The summed E-state index contributed by atoms with van der Waals surface area (Å²) in [5.74, 6) is -5.30. The van der Waals surface area contributed by atoms with Gasteiger partial charge in [0.05, 0.1) is 19.0 Å². The molecule has 0 saturated heterocycles. The fourth-order valence-electron chi connectivity index (χ4n) is 2.13. The third-order valence-corrected chi connectivity index (χ3v) is 4.36. The van der Waals surface area contributed by atoms with Crippen molar-refractivity contribution in [1.29, 1.82) is 0 Å². The average molecular weight is 449 g/mol. The van der Waals surface area contributed by atoms with Gasteiger partial charge in [0.2, 0.25) is 23.6 Å². The Morgan fingerprint density at radius 1 is 0.967 bits per heavy atom. The summed E-state index contributed by atoms with van der Waals surface area (Å²) in [4.78, 5) is 68.7. The maximum absolute atomic E-state index is 12.3. The Morgan fingerprint density at radius 3 is 2.10 bits per heavy atom. The van der Waals surface area contributed by atoms with Crippen molar-refractivity contribution >= 4 is 47.3 Å². The SMILES string of the molecule is CSCCC(NC(=O)C(N)CCC(=O)O)C(=O)NCC(=O)NC(CC(N)=O)C(=O)O. The molecule has 0 bridgehead atoms. The Bertz CT molecular complexity index is 660. The van der Waals surface area contributed by atoms with Gasteiger partial charge in [-0.3, -0.25) is 24.0 Å². The minimum atomic E-state index is -1.54. The van der Waals surface area contributed by atoms with Crippen LogP contribution in [0, 0.1) is 0 Å². The van der Waals surface area contributed by atoms with Crippen LogP contribution in [0.5, 0.6) is 0 Å². The number of hydrogen-bond donors (Lipinski definition) is 7. The van der Waals surface area contributed by atoms with E-state index in [9.17, 15) is 28.8 Å². The zero-order chi connectivity index (χ0) is 23.3. The molecule has 0 heterocycles. The monoisotopic (exact) mass is 449 g/mol. The van der Waals surface area contributed by atoms with E-state index in [1.807, 2.05) is 0 Å². The second kappa shape index (κ2) is 14.2. The molecule has 4 amide bonds.